The van der Waals surface area contributed by atoms with Gasteiger partial charge in [0.05, 0.1) is 16.7 Å². The number of hydrogen-bond donors (Lipinski definition) is 0. The van der Waals surface area contributed by atoms with Gasteiger partial charge in [0.2, 0.25) is 0 Å². The third kappa shape index (κ3) is 4.27. The van der Waals surface area contributed by atoms with E-state index >= 15 is 0 Å². The molecule has 1 atom stereocenters. The van der Waals surface area contributed by atoms with E-state index in [9.17, 15) is 4.79 Å². The van der Waals surface area contributed by atoms with Gasteiger partial charge in [-0.3, -0.25) is 4.79 Å². The zero-order valence-electron chi connectivity index (χ0n) is 16.5. The predicted molar refractivity (Wildman–Crippen MR) is 115 cm³/mol. The fourth-order valence-electron chi connectivity index (χ4n) is 3.54. The van der Waals surface area contributed by atoms with Crippen LogP contribution in [0.3, 0.4) is 0 Å². The summed E-state index contributed by atoms with van der Waals surface area (Å²) < 4.78 is 5.78. The number of nitrogens with zero attached hydrogens (tertiary/aromatic N) is 4. The molecule has 1 unspecified atom stereocenters. The number of rotatable bonds is 4. The summed E-state index contributed by atoms with van der Waals surface area (Å²) in [7, 11) is 0. The van der Waals surface area contributed by atoms with E-state index in [4.69, 9.17) is 21.3 Å². The van der Waals surface area contributed by atoms with Crippen molar-refractivity contribution in [1.82, 2.24) is 14.9 Å². The lowest BCUT2D eigenvalue weighted by Crippen LogP contribution is -2.52. The van der Waals surface area contributed by atoms with Gasteiger partial charge in [-0.25, -0.2) is 9.97 Å². The molecule has 29 heavy (non-hydrogen) atoms. The standard InChI is InChI=1S/C22H23ClN4O2/c1-15-21(25-20-6-4-3-5-19(20)24-15)26-11-13-27(14-12-26)22(28)16(2)29-18-9-7-17(23)8-10-18/h3-10,16H,11-14H2,1-2H3. The van der Waals surface area contributed by atoms with Gasteiger partial charge in [0, 0.05) is 31.2 Å². The second-order valence-corrected chi connectivity index (χ2v) is 7.58. The molecule has 1 aliphatic rings. The van der Waals surface area contributed by atoms with Crippen LogP contribution in [0.1, 0.15) is 12.6 Å². The zero-order chi connectivity index (χ0) is 20.4. The largest absolute Gasteiger partial charge is 0.481 e. The Hall–Kier alpha value is -2.86. The van der Waals surface area contributed by atoms with Crippen LogP contribution in [0.25, 0.3) is 11.0 Å². The molecule has 0 N–H and O–H groups in total. The summed E-state index contributed by atoms with van der Waals surface area (Å²) in [5.41, 5.74) is 2.69. The molecule has 1 amide bonds. The Morgan fingerprint density at radius 3 is 2.28 bits per heavy atom. The van der Waals surface area contributed by atoms with E-state index in [1.54, 1.807) is 31.2 Å². The number of fused-ring (bicyclic) bond motifs is 1. The molecule has 0 radical (unpaired) electrons. The number of aromatic nitrogens is 2. The smallest absolute Gasteiger partial charge is 0.263 e. The molecule has 1 aliphatic heterocycles. The van der Waals surface area contributed by atoms with E-state index < -0.39 is 6.10 Å². The maximum atomic E-state index is 12.8. The van der Waals surface area contributed by atoms with Crippen molar-refractivity contribution in [2.75, 3.05) is 31.1 Å². The molecule has 150 valence electrons. The van der Waals surface area contributed by atoms with Crippen LogP contribution >= 0.6 is 11.6 Å². The summed E-state index contributed by atoms with van der Waals surface area (Å²) >= 11 is 5.90. The summed E-state index contributed by atoms with van der Waals surface area (Å²) in [5.74, 6) is 1.51. The number of carbonyl (C=O) groups excluding carboxylic acids is 1. The predicted octanol–water partition coefficient (Wildman–Crippen LogP) is 3.71. The maximum absolute atomic E-state index is 12.8. The van der Waals surface area contributed by atoms with E-state index in [1.165, 1.54) is 0 Å². The highest BCUT2D eigenvalue weighted by Crippen LogP contribution is 2.22. The summed E-state index contributed by atoms with van der Waals surface area (Å²) in [6, 6.07) is 14.9. The molecular weight excluding hydrogens is 388 g/mol. The molecule has 4 rings (SSSR count). The normalized spacial score (nSPS) is 15.4. The van der Waals surface area contributed by atoms with E-state index in [1.807, 2.05) is 36.1 Å². The lowest BCUT2D eigenvalue weighted by Gasteiger charge is -2.36. The molecule has 2 aromatic carbocycles. The highest BCUT2D eigenvalue weighted by molar-refractivity contribution is 6.30. The van der Waals surface area contributed by atoms with E-state index in [-0.39, 0.29) is 5.91 Å². The molecule has 0 bridgehead atoms. The van der Waals surface area contributed by atoms with Gasteiger partial charge in [0.1, 0.15) is 5.75 Å². The van der Waals surface area contributed by atoms with Crippen molar-refractivity contribution in [2.24, 2.45) is 0 Å². The fourth-order valence-corrected chi connectivity index (χ4v) is 3.67. The fraction of sp³-hybridized carbons (Fsp3) is 0.318. The van der Waals surface area contributed by atoms with Gasteiger partial charge in [0.15, 0.2) is 11.9 Å². The number of carbonyl (C=O) groups is 1. The van der Waals surface area contributed by atoms with Gasteiger partial charge in [-0.2, -0.15) is 0 Å². The number of benzene rings is 2. The van der Waals surface area contributed by atoms with Crippen molar-refractivity contribution >= 4 is 34.4 Å². The van der Waals surface area contributed by atoms with Crippen LogP contribution in [0.4, 0.5) is 5.82 Å². The van der Waals surface area contributed by atoms with Crippen molar-refractivity contribution < 1.29 is 9.53 Å². The number of amides is 1. The van der Waals surface area contributed by atoms with Crippen molar-refractivity contribution in [3.8, 4) is 5.75 Å². The Morgan fingerprint density at radius 1 is 1.00 bits per heavy atom. The van der Waals surface area contributed by atoms with Crippen molar-refractivity contribution in [3.63, 3.8) is 0 Å². The average Bonchev–Trinajstić information content (AvgIpc) is 2.74. The number of anilines is 1. The molecule has 2 heterocycles. The van der Waals surface area contributed by atoms with Gasteiger partial charge in [-0.15, -0.1) is 0 Å². The molecule has 7 heteroatoms. The first-order valence-corrected chi connectivity index (χ1v) is 10.1. The second-order valence-electron chi connectivity index (χ2n) is 7.15. The molecule has 0 spiro atoms. The van der Waals surface area contributed by atoms with E-state index in [0.717, 1.165) is 22.5 Å². The van der Waals surface area contributed by atoms with Crippen LogP contribution in [0.15, 0.2) is 48.5 Å². The van der Waals surface area contributed by atoms with Crippen molar-refractivity contribution in [3.05, 3.63) is 59.2 Å². The number of aryl methyl sites for hydroxylation is 1. The monoisotopic (exact) mass is 410 g/mol. The Labute approximate surface area is 175 Å². The molecule has 1 aromatic heterocycles. The van der Waals surface area contributed by atoms with Crippen molar-refractivity contribution in [1.29, 1.82) is 0 Å². The summed E-state index contributed by atoms with van der Waals surface area (Å²) in [4.78, 5) is 26.3. The molecule has 1 fully saturated rings. The first-order valence-electron chi connectivity index (χ1n) is 9.70. The summed E-state index contributed by atoms with van der Waals surface area (Å²) in [6.45, 7) is 6.44. The van der Waals surface area contributed by atoms with Gasteiger partial charge < -0.3 is 14.5 Å². The van der Waals surface area contributed by atoms with Crippen LogP contribution < -0.4 is 9.64 Å². The lowest BCUT2D eigenvalue weighted by molar-refractivity contribution is -0.138. The number of hydrogen-bond acceptors (Lipinski definition) is 5. The molecule has 3 aromatic rings. The van der Waals surface area contributed by atoms with Crippen LogP contribution in [0.2, 0.25) is 5.02 Å². The zero-order valence-corrected chi connectivity index (χ0v) is 17.3. The Kier molecular flexibility index (Phi) is 5.53. The highest BCUT2D eigenvalue weighted by Gasteiger charge is 2.27. The molecule has 0 aliphatic carbocycles. The number of halogens is 1. The minimum atomic E-state index is -0.551. The topological polar surface area (TPSA) is 58.6 Å². The van der Waals surface area contributed by atoms with E-state index in [0.29, 0.717) is 37.0 Å². The van der Waals surface area contributed by atoms with Crippen LogP contribution in [-0.2, 0) is 4.79 Å². The summed E-state index contributed by atoms with van der Waals surface area (Å²) in [5, 5.41) is 0.638. The van der Waals surface area contributed by atoms with Gasteiger partial charge in [0.25, 0.3) is 5.91 Å². The van der Waals surface area contributed by atoms with Crippen LogP contribution in [0.5, 0.6) is 5.75 Å². The van der Waals surface area contributed by atoms with Gasteiger partial charge >= 0.3 is 0 Å². The Bertz CT molecular complexity index is 1020. The van der Waals surface area contributed by atoms with Crippen LogP contribution in [0, 0.1) is 6.92 Å². The summed E-state index contributed by atoms with van der Waals surface area (Å²) in [6.07, 6.45) is -0.551. The maximum Gasteiger partial charge on any atom is 0.263 e. The highest BCUT2D eigenvalue weighted by atomic mass is 35.5. The molecule has 6 nitrogen and oxygen atoms in total. The average molecular weight is 411 g/mol. The number of ether oxygens (including phenoxy) is 1. The molecule has 1 saturated heterocycles. The first kappa shape index (κ1) is 19.5. The van der Waals surface area contributed by atoms with Gasteiger partial charge in [-0.1, -0.05) is 23.7 Å². The number of para-hydroxylation sites is 2. The Balaban J connectivity index is 1.39. The van der Waals surface area contributed by atoms with Crippen LogP contribution in [-0.4, -0.2) is 53.1 Å². The third-order valence-corrected chi connectivity index (χ3v) is 5.34. The SMILES string of the molecule is Cc1nc2ccccc2nc1N1CCN(C(=O)C(C)Oc2ccc(Cl)cc2)CC1. The quantitative estimate of drug-likeness (QED) is 0.656. The minimum Gasteiger partial charge on any atom is -0.481 e. The molecule has 0 saturated carbocycles. The molecular formula is C22H23ClN4O2. The number of piperazine rings is 1. The Morgan fingerprint density at radius 2 is 1.62 bits per heavy atom. The minimum absolute atomic E-state index is 0.0130. The lowest BCUT2D eigenvalue weighted by atomic mass is 10.2. The van der Waals surface area contributed by atoms with Gasteiger partial charge in [-0.05, 0) is 50.2 Å². The second kappa shape index (κ2) is 8.25. The van der Waals surface area contributed by atoms with Crippen molar-refractivity contribution in [2.45, 2.75) is 20.0 Å². The first-order chi connectivity index (χ1) is 14.0. The van der Waals surface area contributed by atoms with E-state index in [2.05, 4.69) is 9.88 Å². The third-order valence-electron chi connectivity index (χ3n) is 5.08.